The Labute approximate surface area is 134 Å². The van der Waals surface area contributed by atoms with E-state index in [1.165, 1.54) is 0 Å². The molecule has 1 unspecified atom stereocenters. The van der Waals surface area contributed by atoms with Gasteiger partial charge in [0.05, 0.1) is 10.6 Å². The fourth-order valence-electron chi connectivity index (χ4n) is 1.89. The van der Waals surface area contributed by atoms with E-state index >= 15 is 0 Å². The molecule has 0 aliphatic heterocycles. The van der Waals surface area contributed by atoms with Gasteiger partial charge in [0.1, 0.15) is 4.90 Å². The number of rotatable bonds is 7. The van der Waals surface area contributed by atoms with Crippen molar-refractivity contribution in [2.45, 2.75) is 44.0 Å². The lowest BCUT2D eigenvalue weighted by Crippen LogP contribution is -2.34. The quantitative estimate of drug-likeness (QED) is 0.784. The summed E-state index contributed by atoms with van der Waals surface area (Å²) < 4.78 is 27.3. The largest absolute Gasteiger partial charge is 0.478 e. The molecule has 0 fully saturated rings. The van der Waals surface area contributed by atoms with Crippen LogP contribution in [0, 0.1) is 0 Å². The third kappa shape index (κ3) is 4.57. The minimum absolute atomic E-state index is 0.000662. The maximum absolute atomic E-state index is 12.4. The van der Waals surface area contributed by atoms with Crippen LogP contribution in [0.15, 0.2) is 17.0 Å². The second-order valence-corrected chi connectivity index (χ2v) is 7.08. The van der Waals surface area contributed by atoms with Crippen molar-refractivity contribution in [1.82, 2.24) is 4.72 Å². The van der Waals surface area contributed by atoms with E-state index in [1.807, 2.05) is 13.8 Å². The van der Waals surface area contributed by atoms with Crippen LogP contribution in [0.1, 0.15) is 43.5 Å². The van der Waals surface area contributed by atoms with Crippen LogP contribution in [0.4, 0.5) is 0 Å². The molecule has 0 aliphatic carbocycles. The minimum Gasteiger partial charge on any atom is -0.478 e. The van der Waals surface area contributed by atoms with E-state index in [9.17, 15) is 13.2 Å². The molecule has 1 atom stereocenters. The number of halogens is 2. The fraction of sp³-hybridized carbons (Fsp3) is 0.462. The van der Waals surface area contributed by atoms with E-state index in [-0.39, 0.29) is 26.5 Å². The van der Waals surface area contributed by atoms with Gasteiger partial charge in [-0.1, -0.05) is 43.5 Å². The molecule has 0 amide bonds. The van der Waals surface area contributed by atoms with Gasteiger partial charge in [-0.25, -0.2) is 17.9 Å². The summed E-state index contributed by atoms with van der Waals surface area (Å²) in [6, 6.07) is 2.04. The SMILES string of the molecule is CCCC(CC)NS(=O)(=O)c1cc(Cl)cc(C(=O)O)c1Cl. The van der Waals surface area contributed by atoms with Crippen LogP contribution in [-0.2, 0) is 10.0 Å². The summed E-state index contributed by atoms with van der Waals surface area (Å²) in [5.41, 5.74) is -0.340. The molecule has 0 radical (unpaired) electrons. The normalized spacial score (nSPS) is 13.1. The maximum Gasteiger partial charge on any atom is 0.337 e. The van der Waals surface area contributed by atoms with Crippen molar-refractivity contribution < 1.29 is 18.3 Å². The summed E-state index contributed by atoms with van der Waals surface area (Å²) in [5, 5.41) is 8.69. The van der Waals surface area contributed by atoms with Crippen LogP contribution >= 0.6 is 23.2 Å². The summed E-state index contributed by atoms with van der Waals surface area (Å²) in [7, 11) is -3.93. The average molecular weight is 354 g/mol. The molecule has 1 aromatic carbocycles. The van der Waals surface area contributed by atoms with Crippen LogP contribution in [0.3, 0.4) is 0 Å². The number of nitrogens with one attached hydrogen (secondary N) is 1. The summed E-state index contributed by atoms with van der Waals surface area (Å²) in [6.07, 6.45) is 2.13. The van der Waals surface area contributed by atoms with Crippen LogP contribution in [-0.4, -0.2) is 25.5 Å². The maximum atomic E-state index is 12.4. The number of hydrogen-bond donors (Lipinski definition) is 2. The van der Waals surface area contributed by atoms with Gasteiger partial charge in [-0.15, -0.1) is 0 Å². The predicted octanol–water partition coefficient (Wildman–Crippen LogP) is 3.55. The third-order valence-corrected chi connectivity index (χ3v) is 5.26. The van der Waals surface area contributed by atoms with E-state index in [0.29, 0.717) is 12.8 Å². The van der Waals surface area contributed by atoms with E-state index < -0.39 is 16.0 Å². The van der Waals surface area contributed by atoms with Crippen molar-refractivity contribution in [3.8, 4) is 0 Å². The predicted molar refractivity (Wildman–Crippen MR) is 82.7 cm³/mol. The van der Waals surface area contributed by atoms with Crippen molar-refractivity contribution >= 4 is 39.2 Å². The molecule has 118 valence electrons. The molecule has 0 saturated carbocycles. The van der Waals surface area contributed by atoms with E-state index in [1.54, 1.807) is 0 Å². The summed E-state index contributed by atoms with van der Waals surface area (Å²) in [5.74, 6) is -1.33. The Hall–Kier alpha value is -0.820. The van der Waals surface area contributed by atoms with Gasteiger partial charge in [0, 0.05) is 11.1 Å². The first-order valence-corrected chi connectivity index (χ1v) is 8.71. The lowest BCUT2D eigenvalue weighted by molar-refractivity contribution is 0.0697. The molecule has 5 nitrogen and oxygen atoms in total. The minimum atomic E-state index is -3.93. The zero-order valence-electron chi connectivity index (χ0n) is 11.7. The number of carbonyl (C=O) groups is 1. The zero-order chi connectivity index (χ0) is 16.2. The number of carboxylic acid groups (broad SMARTS) is 1. The van der Waals surface area contributed by atoms with Gasteiger partial charge >= 0.3 is 5.97 Å². The molecular formula is C13H17Cl2NO4S. The fourth-order valence-corrected chi connectivity index (χ4v) is 4.15. The molecule has 1 aromatic rings. The van der Waals surface area contributed by atoms with Gasteiger partial charge in [-0.05, 0) is 25.0 Å². The van der Waals surface area contributed by atoms with Crippen LogP contribution < -0.4 is 4.72 Å². The number of benzene rings is 1. The molecular weight excluding hydrogens is 337 g/mol. The molecule has 0 aromatic heterocycles. The Kier molecular flexibility index (Phi) is 6.46. The second kappa shape index (κ2) is 7.45. The molecule has 8 heteroatoms. The van der Waals surface area contributed by atoms with Gasteiger partial charge in [0.2, 0.25) is 10.0 Å². The highest BCUT2D eigenvalue weighted by Crippen LogP contribution is 2.29. The molecule has 21 heavy (non-hydrogen) atoms. The van der Waals surface area contributed by atoms with E-state index in [0.717, 1.165) is 18.6 Å². The average Bonchev–Trinajstić information content (AvgIpc) is 2.39. The lowest BCUT2D eigenvalue weighted by Gasteiger charge is -2.17. The van der Waals surface area contributed by atoms with Crippen LogP contribution in [0.5, 0.6) is 0 Å². The molecule has 0 saturated heterocycles. The Morgan fingerprint density at radius 1 is 1.33 bits per heavy atom. The van der Waals surface area contributed by atoms with Crippen LogP contribution in [0.2, 0.25) is 10.0 Å². The molecule has 0 bridgehead atoms. The Morgan fingerprint density at radius 2 is 1.95 bits per heavy atom. The molecule has 0 aliphatic rings. The standard InChI is InChI=1S/C13H17Cl2NO4S/c1-3-5-9(4-2)16-21(19,20)11-7-8(14)6-10(12(11)15)13(17)18/h6-7,9,16H,3-5H2,1-2H3,(H,17,18). The summed E-state index contributed by atoms with van der Waals surface area (Å²) in [4.78, 5) is 10.8. The van der Waals surface area contributed by atoms with Crippen molar-refractivity contribution in [3.63, 3.8) is 0 Å². The zero-order valence-corrected chi connectivity index (χ0v) is 14.0. The first-order valence-electron chi connectivity index (χ1n) is 6.47. The molecule has 2 N–H and O–H groups in total. The topological polar surface area (TPSA) is 83.5 Å². The first kappa shape index (κ1) is 18.2. The van der Waals surface area contributed by atoms with E-state index in [4.69, 9.17) is 28.3 Å². The van der Waals surface area contributed by atoms with Crippen molar-refractivity contribution in [2.24, 2.45) is 0 Å². The Balaban J connectivity index is 3.28. The van der Waals surface area contributed by atoms with Gasteiger partial charge < -0.3 is 5.11 Å². The van der Waals surface area contributed by atoms with E-state index in [2.05, 4.69) is 4.72 Å². The number of sulfonamides is 1. The molecule has 0 spiro atoms. The Morgan fingerprint density at radius 3 is 2.43 bits per heavy atom. The number of aromatic carboxylic acids is 1. The molecule has 1 rings (SSSR count). The number of hydrogen-bond acceptors (Lipinski definition) is 3. The van der Waals surface area contributed by atoms with Gasteiger partial charge in [0.15, 0.2) is 0 Å². The van der Waals surface area contributed by atoms with Crippen molar-refractivity contribution in [3.05, 3.63) is 27.7 Å². The summed E-state index contributed by atoms with van der Waals surface area (Å²) >= 11 is 11.7. The third-order valence-electron chi connectivity index (χ3n) is 2.98. The summed E-state index contributed by atoms with van der Waals surface area (Å²) in [6.45, 7) is 3.82. The highest BCUT2D eigenvalue weighted by Gasteiger charge is 2.25. The molecule has 0 heterocycles. The van der Waals surface area contributed by atoms with Gasteiger partial charge in [-0.3, -0.25) is 0 Å². The highest BCUT2D eigenvalue weighted by atomic mass is 35.5. The Bertz CT molecular complexity index is 631. The second-order valence-electron chi connectivity index (χ2n) is 4.59. The monoisotopic (exact) mass is 353 g/mol. The smallest absolute Gasteiger partial charge is 0.337 e. The lowest BCUT2D eigenvalue weighted by atomic mass is 10.1. The van der Waals surface area contributed by atoms with Crippen molar-refractivity contribution in [1.29, 1.82) is 0 Å². The number of carboxylic acids is 1. The highest BCUT2D eigenvalue weighted by molar-refractivity contribution is 7.89. The van der Waals surface area contributed by atoms with Crippen molar-refractivity contribution in [2.75, 3.05) is 0 Å². The van der Waals surface area contributed by atoms with Gasteiger partial charge in [0.25, 0.3) is 0 Å². The van der Waals surface area contributed by atoms with Gasteiger partial charge in [-0.2, -0.15) is 0 Å². The van der Waals surface area contributed by atoms with Crippen LogP contribution in [0.25, 0.3) is 0 Å². The first-order chi connectivity index (χ1) is 9.72.